The van der Waals surface area contributed by atoms with Crippen molar-refractivity contribution in [2.75, 3.05) is 25.0 Å². The predicted octanol–water partition coefficient (Wildman–Crippen LogP) is 3.87. The van der Waals surface area contributed by atoms with Gasteiger partial charge in [0.2, 0.25) is 0 Å². The lowest BCUT2D eigenvalue weighted by molar-refractivity contribution is 0.0772. The molecule has 120 valence electrons. The van der Waals surface area contributed by atoms with Gasteiger partial charge in [-0.1, -0.05) is 11.6 Å². The first-order valence-electron chi connectivity index (χ1n) is 8.40. The number of amides is 1. The number of carbonyl (C=O) groups excluding carboxylic acids is 1. The lowest BCUT2D eigenvalue weighted by atomic mass is 9.97. The van der Waals surface area contributed by atoms with Crippen molar-refractivity contribution >= 4 is 11.6 Å². The summed E-state index contributed by atoms with van der Waals surface area (Å²) < 4.78 is 0. The molecular formula is C18H27N3O. The first kappa shape index (κ1) is 16.5. The summed E-state index contributed by atoms with van der Waals surface area (Å²) in [6.45, 7) is 6.34. The summed E-state index contributed by atoms with van der Waals surface area (Å²) in [5.41, 5.74) is 3.14. The number of pyridine rings is 1. The molecule has 2 rings (SSSR count). The summed E-state index contributed by atoms with van der Waals surface area (Å²) in [4.78, 5) is 18.3. The highest BCUT2D eigenvalue weighted by Crippen LogP contribution is 2.20. The molecule has 22 heavy (non-hydrogen) atoms. The zero-order valence-electron chi connectivity index (χ0n) is 13.8. The molecule has 1 amide bonds. The molecule has 1 aliphatic carbocycles. The molecular weight excluding hydrogens is 274 g/mol. The Morgan fingerprint density at radius 1 is 1.27 bits per heavy atom. The number of hydrogen-bond acceptors (Lipinski definition) is 3. The maximum atomic E-state index is 12.3. The minimum Gasteiger partial charge on any atom is -0.383 e. The van der Waals surface area contributed by atoms with Crippen molar-refractivity contribution in [3.63, 3.8) is 0 Å². The molecule has 0 aliphatic heterocycles. The van der Waals surface area contributed by atoms with Gasteiger partial charge < -0.3 is 10.2 Å². The van der Waals surface area contributed by atoms with Gasteiger partial charge in [0.05, 0.1) is 11.3 Å². The molecule has 0 spiro atoms. The fourth-order valence-corrected chi connectivity index (χ4v) is 2.85. The zero-order chi connectivity index (χ0) is 15.8. The van der Waals surface area contributed by atoms with E-state index in [0.717, 1.165) is 31.7 Å². The van der Waals surface area contributed by atoms with Crippen LogP contribution in [-0.4, -0.2) is 35.4 Å². The molecule has 0 fully saturated rings. The third kappa shape index (κ3) is 4.58. The lowest BCUT2D eigenvalue weighted by Crippen LogP contribution is -2.30. The first-order chi connectivity index (χ1) is 10.7. The normalized spacial score (nSPS) is 14.4. The van der Waals surface area contributed by atoms with E-state index < -0.39 is 0 Å². The van der Waals surface area contributed by atoms with E-state index in [0.29, 0.717) is 5.56 Å². The summed E-state index contributed by atoms with van der Waals surface area (Å²) >= 11 is 0. The Hall–Kier alpha value is -1.84. The Morgan fingerprint density at radius 3 is 2.77 bits per heavy atom. The molecule has 0 aromatic carbocycles. The maximum absolute atomic E-state index is 12.3. The average molecular weight is 301 g/mol. The van der Waals surface area contributed by atoms with Crippen LogP contribution in [-0.2, 0) is 0 Å². The summed E-state index contributed by atoms with van der Waals surface area (Å²) in [6, 6.07) is 1.91. The van der Waals surface area contributed by atoms with E-state index >= 15 is 0 Å². The van der Waals surface area contributed by atoms with Crippen LogP contribution in [0.3, 0.4) is 0 Å². The standard InChI is InChI=1S/C18H27N3O/c1-3-21(4-2)18(22)16-12-17(14-19-13-16)20-11-10-15-8-6-5-7-9-15/h8,12-14,20H,3-7,9-11H2,1-2H3. The van der Waals surface area contributed by atoms with Crippen LogP contribution in [0.2, 0.25) is 0 Å². The van der Waals surface area contributed by atoms with E-state index in [9.17, 15) is 4.79 Å². The average Bonchev–Trinajstić information content (AvgIpc) is 2.57. The number of allylic oxidation sites excluding steroid dienone is 1. The Kier molecular flexibility index (Phi) is 6.44. The van der Waals surface area contributed by atoms with Crippen molar-refractivity contribution in [1.29, 1.82) is 0 Å². The van der Waals surface area contributed by atoms with Crippen LogP contribution in [0.1, 0.15) is 56.3 Å². The number of anilines is 1. The monoisotopic (exact) mass is 301 g/mol. The van der Waals surface area contributed by atoms with Gasteiger partial charge >= 0.3 is 0 Å². The van der Waals surface area contributed by atoms with Gasteiger partial charge in [-0.25, -0.2) is 0 Å². The van der Waals surface area contributed by atoms with Crippen molar-refractivity contribution in [2.45, 2.75) is 46.0 Å². The van der Waals surface area contributed by atoms with Crippen LogP contribution < -0.4 is 5.32 Å². The van der Waals surface area contributed by atoms with E-state index in [1.54, 1.807) is 18.0 Å². The topological polar surface area (TPSA) is 45.2 Å². The van der Waals surface area contributed by atoms with Gasteiger partial charge in [0.25, 0.3) is 5.91 Å². The van der Waals surface area contributed by atoms with Gasteiger partial charge in [0, 0.05) is 32.0 Å². The highest BCUT2D eigenvalue weighted by Gasteiger charge is 2.13. The minimum absolute atomic E-state index is 0.0520. The second kappa shape index (κ2) is 8.57. The van der Waals surface area contributed by atoms with Crippen LogP contribution in [0.4, 0.5) is 5.69 Å². The molecule has 0 unspecified atom stereocenters. The molecule has 4 nitrogen and oxygen atoms in total. The van der Waals surface area contributed by atoms with Crippen molar-refractivity contribution in [3.8, 4) is 0 Å². The largest absolute Gasteiger partial charge is 0.383 e. The van der Waals surface area contributed by atoms with E-state index in [2.05, 4.69) is 16.4 Å². The maximum Gasteiger partial charge on any atom is 0.255 e. The van der Waals surface area contributed by atoms with E-state index in [1.807, 2.05) is 24.8 Å². The van der Waals surface area contributed by atoms with Gasteiger partial charge in [-0.3, -0.25) is 9.78 Å². The molecule has 4 heteroatoms. The molecule has 0 bridgehead atoms. The summed E-state index contributed by atoms with van der Waals surface area (Å²) in [5.74, 6) is 0.0520. The van der Waals surface area contributed by atoms with Crippen LogP contribution in [0, 0.1) is 0 Å². The fraction of sp³-hybridized carbons (Fsp3) is 0.556. The number of hydrogen-bond donors (Lipinski definition) is 1. The second-order valence-electron chi connectivity index (χ2n) is 5.72. The van der Waals surface area contributed by atoms with Crippen LogP contribution in [0.15, 0.2) is 30.1 Å². The SMILES string of the molecule is CCN(CC)C(=O)c1cncc(NCCC2=CCCCC2)c1. The third-order valence-electron chi connectivity index (χ3n) is 4.20. The molecule has 1 aromatic heterocycles. The number of aromatic nitrogens is 1. The number of rotatable bonds is 7. The second-order valence-corrected chi connectivity index (χ2v) is 5.72. The fourth-order valence-electron chi connectivity index (χ4n) is 2.85. The minimum atomic E-state index is 0.0520. The molecule has 1 heterocycles. The Balaban J connectivity index is 1.90. The van der Waals surface area contributed by atoms with Gasteiger partial charge in [0.1, 0.15) is 0 Å². The molecule has 1 aliphatic rings. The van der Waals surface area contributed by atoms with Crippen LogP contribution >= 0.6 is 0 Å². The van der Waals surface area contributed by atoms with E-state index in [1.165, 1.54) is 25.7 Å². The highest BCUT2D eigenvalue weighted by molar-refractivity contribution is 5.94. The molecule has 1 N–H and O–H groups in total. The van der Waals surface area contributed by atoms with E-state index in [-0.39, 0.29) is 5.91 Å². The third-order valence-corrected chi connectivity index (χ3v) is 4.20. The molecule has 0 saturated heterocycles. The number of nitrogens with zero attached hydrogens (tertiary/aromatic N) is 2. The van der Waals surface area contributed by atoms with Crippen molar-refractivity contribution in [2.24, 2.45) is 0 Å². The van der Waals surface area contributed by atoms with Gasteiger partial charge in [-0.2, -0.15) is 0 Å². The first-order valence-corrected chi connectivity index (χ1v) is 8.40. The lowest BCUT2D eigenvalue weighted by Gasteiger charge is -2.19. The quantitative estimate of drug-likeness (QED) is 0.778. The number of carbonyl (C=O) groups is 1. The van der Waals surface area contributed by atoms with Crippen molar-refractivity contribution in [3.05, 3.63) is 35.7 Å². The predicted molar refractivity (Wildman–Crippen MR) is 91.1 cm³/mol. The Labute approximate surface area is 133 Å². The summed E-state index contributed by atoms with van der Waals surface area (Å²) in [6.07, 6.45) is 12.0. The van der Waals surface area contributed by atoms with Crippen molar-refractivity contribution < 1.29 is 4.79 Å². The summed E-state index contributed by atoms with van der Waals surface area (Å²) in [5, 5.41) is 3.39. The van der Waals surface area contributed by atoms with Crippen molar-refractivity contribution in [1.82, 2.24) is 9.88 Å². The molecule has 0 saturated carbocycles. The Morgan fingerprint density at radius 2 is 2.09 bits per heavy atom. The van der Waals surface area contributed by atoms with E-state index in [4.69, 9.17) is 0 Å². The van der Waals surface area contributed by atoms with Gasteiger partial charge in [0.15, 0.2) is 0 Å². The summed E-state index contributed by atoms with van der Waals surface area (Å²) in [7, 11) is 0. The molecule has 1 aromatic rings. The van der Waals surface area contributed by atoms with Gasteiger partial charge in [-0.05, 0) is 52.0 Å². The molecule has 0 radical (unpaired) electrons. The number of nitrogens with one attached hydrogen (secondary N) is 1. The highest BCUT2D eigenvalue weighted by atomic mass is 16.2. The van der Waals surface area contributed by atoms with Crippen LogP contribution in [0.5, 0.6) is 0 Å². The molecule has 0 atom stereocenters. The Bertz CT molecular complexity index is 521. The zero-order valence-corrected chi connectivity index (χ0v) is 13.8. The smallest absolute Gasteiger partial charge is 0.255 e. The van der Waals surface area contributed by atoms with Gasteiger partial charge in [-0.15, -0.1) is 0 Å². The van der Waals surface area contributed by atoms with Crippen LogP contribution in [0.25, 0.3) is 0 Å².